The van der Waals surface area contributed by atoms with E-state index in [4.69, 9.17) is 23.2 Å². The maximum absolute atomic E-state index is 12.4. The highest BCUT2D eigenvalue weighted by atomic mass is 35.5. The predicted octanol–water partition coefficient (Wildman–Crippen LogP) is 4.60. The van der Waals surface area contributed by atoms with Gasteiger partial charge < -0.3 is 10.2 Å². The molecule has 0 aliphatic rings. The van der Waals surface area contributed by atoms with Crippen LogP contribution in [-0.2, 0) is 9.59 Å². The Labute approximate surface area is 151 Å². The van der Waals surface area contributed by atoms with Gasteiger partial charge in [0.1, 0.15) is 6.54 Å². The van der Waals surface area contributed by atoms with Crippen LogP contribution in [0.25, 0.3) is 0 Å². The predicted molar refractivity (Wildman–Crippen MR) is 99.0 cm³/mol. The fraction of sp³-hybridized carbons (Fsp3) is 0.222. The molecule has 0 saturated carbocycles. The lowest BCUT2D eigenvalue weighted by Crippen LogP contribution is -2.37. The number of aryl methyl sites for hydroxylation is 1. The van der Waals surface area contributed by atoms with Gasteiger partial charge in [-0.05, 0) is 43.2 Å². The molecular formula is C18H18Cl2N2O2. The summed E-state index contributed by atoms with van der Waals surface area (Å²) in [6.07, 6.45) is 0. The molecule has 4 nitrogen and oxygen atoms in total. The van der Waals surface area contributed by atoms with Crippen LogP contribution in [0.15, 0.2) is 36.4 Å². The van der Waals surface area contributed by atoms with E-state index in [2.05, 4.69) is 5.32 Å². The topological polar surface area (TPSA) is 49.4 Å². The molecule has 2 rings (SSSR count). The van der Waals surface area contributed by atoms with Crippen molar-refractivity contribution < 1.29 is 9.59 Å². The van der Waals surface area contributed by atoms with Crippen LogP contribution in [0.2, 0.25) is 10.0 Å². The lowest BCUT2D eigenvalue weighted by Gasteiger charge is -2.23. The number of amides is 2. The number of hydrogen-bond acceptors (Lipinski definition) is 2. The second-order valence-electron chi connectivity index (χ2n) is 5.47. The van der Waals surface area contributed by atoms with Gasteiger partial charge in [-0.3, -0.25) is 9.59 Å². The van der Waals surface area contributed by atoms with Crippen LogP contribution in [0, 0.1) is 13.8 Å². The summed E-state index contributed by atoms with van der Waals surface area (Å²) in [5, 5.41) is 3.46. The molecule has 0 fully saturated rings. The highest BCUT2D eigenvalue weighted by molar-refractivity contribution is 6.40. The quantitative estimate of drug-likeness (QED) is 0.861. The van der Waals surface area contributed by atoms with Crippen LogP contribution in [0.5, 0.6) is 0 Å². The zero-order valence-electron chi connectivity index (χ0n) is 13.7. The first kappa shape index (κ1) is 18.3. The standard InChI is InChI=1S/C18H18Cl2N2O2/c1-11-6-4-9-16(12(11)2)21-17(24)10-22(13(3)23)18-14(19)7-5-8-15(18)20/h4-9H,10H2,1-3H3,(H,21,24). The first-order valence-electron chi connectivity index (χ1n) is 7.39. The van der Waals surface area contributed by atoms with E-state index in [1.54, 1.807) is 18.2 Å². The van der Waals surface area contributed by atoms with Crippen molar-refractivity contribution in [3.05, 3.63) is 57.6 Å². The van der Waals surface area contributed by atoms with Gasteiger partial charge in [0, 0.05) is 12.6 Å². The van der Waals surface area contributed by atoms with Crippen molar-refractivity contribution in [3.63, 3.8) is 0 Å². The van der Waals surface area contributed by atoms with E-state index in [0.717, 1.165) is 11.1 Å². The molecule has 6 heteroatoms. The van der Waals surface area contributed by atoms with Crippen molar-refractivity contribution >= 4 is 46.4 Å². The van der Waals surface area contributed by atoms with Crippen LogP contribution in [-0.4, -0.2) is 18.4 Å². The first-order chi connectivity index (χ1) is 11.3. The van der Waals surface area contributed by atoms with E-state index >= 15 is 0 Å². The minimum atomic E-state index is -0.324. The lowest BCUT2D eigenvalue weighted by atomic mass is 10.1. The molecule has 126 valence electrons. The van der Waals surface area contributed by atoms with Crippen molar-refractivity contribution in [1.82, 2.24) is 0 Å². The average Bonchev–Trinajstić information content (AvgIpc) is 2.50. The molecule has 0 saturated heterocycles. The SMILES string of the molecule is CC(=O)N(CC(=O)Nc1cccc(C)c1C)c1c(Cl)cccc1Cl. The number of anilines is 2. The van der Waals surface area contributed by atoms with Gasteiger partial charge in [-0.15, -0.1) is 0 Å². The molecule has 2 aromatic rings. The summed E-state index contributed by atoms with van der Waals surface area (Å²) in [6, 6.07) is 10.6. The molecule has 0 heterocycles. The van der Waals surface area contributed by atoms with Gasteiger partial charge in [0.25, 0.3) is 0 Å². The van der Waals surface area contributed by atoms with Gasteiger partial charge >= 0.3 is 0 Å². The zero-order chi connectivity index (χ0) is 17.9. The van der Waals surface area contributed by atoms with Gasteiger partial charge in [0.15, 0.2) is 0 Å². The third-order valence-corrected chi connectivity index (χ3v) is 4.38. The number of carbonyl (C=O) groups excluding carboxylic acids is 2. The summed E-state index contributed by atoms with van der Waals surface area (Å²) in [4.78, 5) is 25.7. The molecule has 0 atom stereocenters. The van der Waals surface area contributed by atoms with E-state index < -0.39 is 0 Å². The average molecular weight is 365 g/mol. The third kappa shape index (κ3) is 4.08. The summed E-state index contributed by atoms with van der Waals surface area (Å²) in [6.45, 7) is 5.09. The van der Waals surface area contributed by atoms with Crippen molar-refractivity contribution in [3.8, 4) is 0 Å². The van der Waals surface area contributed by atoms with Crippen molar-refractivity contribution in [2.75, 3.05) is 16.8 Å². The molecule has 0 spiro atoms. The number of nitrogens with one attached hydrogen (secondary N) is 1. The summed E-state index contributed by atoms with van der Waals surface area (Å²) in [5.74, 6) is -0.643. The Bertz CT molecular complexity index is 770. The minimum Gasteiger partial charge on any atom is -0.324 e. The lowest BCUT2D eigenvalue weighted by molar-refractivity contribution is -0.120. The van der Waals surface area contributed by atoms with Gasteiger partial charge in [-0.2, -0.15) is 0 Å². The van der Waals surface area contributed by atoms with Crippen molar-refractivity contribution in [1.29, 1.82) is 0 Å². The van der Waals surface area contributed by atoms with E-state index in [0.29, 0.717) is 21.4 Å². The van der Waals surface area contributed by atoms with Crippen LogP contribution in [0.4, 0.5) is 11.4 Å². The highest BCUT2D eigenvalue weighted by Crippen LogP contribution is 2.33. The smallest absolute Gasteiger partial charge is 0.244 e. The number of rotatable bonds is 4. The summed E-state index contributed by atoms with van der Waals surface area (Å²) < 4.78 is 0. The van der Waals surface area contributed by atoms with E-state index in [-0.39, 0.29) is 18.4 Å². The highest BCUT2D eigenvalue weighted by Gasteiger charge is 2.21. The molecule has 0 unspecified atom stereocenters. The monoisotopic (exact) mass is 364 g/mol. The van der Waals surface area contributed by atoms with Crippen LogP contribution in [0.1, 0.15) is 18.1 Å². The number of hydrogen-bond donors (Lipinski definition) is 1. The fourth-order valence-corrected chi connectivity index (χ4v) is 2.92. The maximum Gasteiger partial charge on any atom is 0.244 e. The normalized spacial score (nSPS) is 10.4. The number of para-hydroxylation sites is 1. The second-order valence-corrected chi connectivity index (χ2v) is 6.29. The van der Waals surface area contributed by atoms with Gasteiger partial charge in [0.05, 0.1) is 15.7 Å². The third-order valence-electron chi connectivity index (χ3n) is 3.77. The van der Waals surface area contributed by atoms with Crippen LogP contribution < -0.4 is 10.2 Å². The molecule has 0 radical (unpaired) electrons. The molecular weight excluding hydrogens is 347 g/mol. The number of carbonyl (C=O) groups is 2. The molecule has 2 aromatic carbocycles. The molecule has 1 N–H and O–H groups in total. The second kappa shape index (κ2) is 7.69. The summed E-state index contributed by atoms with van der Waals surface area (Å²) in [5.41, 5.74) is 3.11. The Balaban J connectivity index is 2.24. The summed E-state index contributed by atoms with van der Waals surface area (Å²) in [7, 11) is 0. The fourth-order valence-electron chi connectivity index (χ4n) is 2.31. The Morgan fingerprint density at radius 3 is 2.21 bits per heavy atom. The van der Waals surface area contributed by atoms with Gasteiger partial charge in [-0.1, -0.05) is 41.4 Å². The zero-order valence-corrected chi connectivity index (χ0v) is 15.2. The van der Waals surface area contributed by atoms with Crippen molar-refractivity contribution in [2.24, 2.45) is 0 Å². The molecule has 0 aliphatic carbocycles. The van der Waals surface area contributed by atoms with Gasteiger partial charge in [0.2, 0.25) is 11.8 Å². The first-order valence-corrected chi connectivity index (χ1v) is 8.15. The molecule has 0 bridgehead atoms. The summed E-state index contributed by atoms with van der Waals surface area (Å²) >= 11 is 12.3. The Kier molecular flexibility index (Phi) is 5.86. The van der Waals surface area contributed by atoms with Crippen molar-refractivity contribution in [2.45, 2.75) is 20.8 Å². The number of nitrogens with zero attached hydrogens (tertiary/aromatic N) is 1. The minimum absolute atomic E-state index is 0.174. The number of halogens is 2. The van der Waals surface area contributed by atoms with Crippen LogP contribution >= 0.6 is 23.2 Å². The Morgan fingerprint density at radius 2 is 1.62 bits per heavy atom. The van der Waals surface area contributed by atoms with Gasteiger partial charge in [-0.25, -0.2) is 0 Å². The van der Waals surface area contributed by atoms with E-state index in [9.17, 15) is 9.59 Å². The molecule has 0 aromatic heterocycles. The molecule has 0 aliphatic heterocycles. The maximum atomic E-state index is 12.4. The largest absolute Gasteiger partial charge is 0.324 e. The molecule has 24 heavy (non-hydrogen) atoms. The van der Waals surface area contributed by atoms with E-state index in [1.807, 2.05) is 32.0 Å². The molecule has 2 amide bonds. The Morgan fingerprint density at radius 1 is 1.04 bits per heavy atom. The van der Waals surface area contributed by atoms with E-state index in [1.165, 1.54) is 11.8 Å². The number of benzene rings is 2. The van der Waals surface area contributed by atoms with Crippen LogP contribution in [0.3, 0.4) is 0 Å². The Hall–Kier alpha value is -2.04.